The number of halogens is 2. The van der Waals surface area contributed by atoms with Gasteiger partial charge < -0.3 is 15.4 Å². The fraction of sp³-hybridized carbons (Fsp3) is 0.421. The van der Waals surface area contributed by atoms with Crippen molar-refractivity contribution in [1.29, 1.82) is 0 Å². The Kier molecular flexibility index (Phi) is 4.84. The Balaban J connectivity index is 1.64. The molecular weight excluding hydrogens is 387 g/mol. The summed E-state index contributed by atoms with van der Waals surface area (Å²) >= 11 is 5.76. The molecule has 2 aliphatic rings. The lowest BCUT2D eigenvalue weighted by Gasteiger charge is -2.17. The molecule has 1 aromatic carbocycles. The summed E-state index contributed by atoms with van der Waals surface area (Å²) in [7, 11) is 1.49. The molecule has 2 heterocycles. The molecule has 0 radical (unpaired) electrons. The Morgan fingerprint density at radius 2 is 2.00 bits per heavy atom. The molecule has 3 unspecified atom stereocenters. The van der Waals surface area contributed by atoms with E-state index in [4.69, 9.17) is 16.3 Å². The Morgan fingerprint density at radius 3 is 2.64 bits per heavy atom. The van der Waals surface area contributed by atoms with Gasteiger partial charge in [-0.15, -0.1) is 0 Å². The van der Waals surface area contributed by atoms with Gasteiger partial charge in [0, 0.05) is 31.0 Å². The number of hydrogen-bond acceptors (Lipinski definition) is 4. The molecule has 7 nitrogen and oxygen atoms in total. The highest BCUT2D eigenvalue weighted by atomic mass is 35.5. The second-order valence-corrected chi connectivity index (χ2v) is 7.56. The van der Waals surface area contributed by atoms with Gasteiger partial charge in [-0.1, -0.05) is 17.7 Å². The lowest BCUT2D eigenvalue weighted by Crippen LogP contribution is -2.32. The van der Waals surface area contributed by atoms with Crippen LogP contribution in [0.2, 0.25) is 5.02 Å². The van der Waals surface area contributed by atoms with Gasteiger partial charge >= 0.3 is 0 Å². The number of aromatic nitrogens is 2. The van der Waals surface area contributed by atoms with Crippen molar-refractivity contribution in [2.24, 2.45) is 11.8 Å². The molecule has 1 aliphatic heterocycles. The van der Waals surface area contributed by atoms with E-state index < -0.39 is 17.8 Å². The summed E-state index contributed by atoms with van der Waals surface area (Å²) < 4.78 is 20.7. The second kappa shape index (κ2) is 7.18. The first-order valence-corrected chi connectivity index (χ1v) is 9.43. The summed E-state index contributed by atoms with van der Waals surface area (Å²) in [5.41, 5.74) is 0.944. The van der Waals surface area contributed by atoms with Crippen LogP contribution in [0.5, 0.6) is 0 Å². The topological polar surface area (TPSA) is 85.3 Å². The van der Waals surface area contributed by atoms with Crippen molar-refractivity contribution in [2.75, 3.05) is 20.3 Å². The highest BCUT2D eigenvalue weighted by molar-refractivity contribution is 6.30. The fourth-order valence-corrected chi connectivity index (χ4v) is 3.81. The van der Waals surface area contributed by atoms with Gasteiger partial charge in [0.1, 0.15) is 11.5 Å². The van der Waals surface area contributed by atoms with E-state index in [1.54, 1.807) is 13.0 Å². The summed E-state index contributed by atoms with van der Waals surface area (Å²) in [6.07, 6.45) is 0. The van der Waals surface area contributed by atoms with Crippen LogP contribution in [0.1, 0.15) is 39.5 Å². The van der Waals surface area contributed by atoms with Crippen molar-refractivity contribution in [3.63, 3.8) is 0 Å². The van der Waals surface area contributed by atoms with Crippen molar-refractivity contribution in [3.8, 4) is 0 Å². The SMILES string of the molecule is CNC(=O)c1cc(C(=O)NC2C3COCC32)n(C(C)c2ccc(Cl)c(F)c2)n1. The Bertz CT molecular complexity index is 937. The summed E-state index contributed by atoms with van der Waals surface area (Å²) in [4.78, 5) is 24.9. The van der Waals surface area contributed by atoms with E-state index in [0.717, 1.165) is 0 Å². The lowest BCUT2D eigenvalue weighted by molar-refractivity contribution is 0.0915. The molecule has 2 amide bonds. The minimum atomic E-state index is -0.554. The molecule has 3 atom stereocenters. The van der Waals surface area contributed by atoms with E-state index in [9.17, 15) is 14.0 Å². The van der Waals surface area contributed by atoms with Gasteiger partial charge in [0.15, 0.2) is 5.69 Å². The summed E-state index contributed by atoms with van der Waals surface area (Å²) in [6, 6.07) is 5.48. The van der Waals surface area contributed by atoms with Crippen LogP contribution in [0.25, 0.3) is 0 Å². The molecule has 1 saturated heterocycles. The number of carbonyl (C=O) groups is 2. The monoisotopic (exact) mass is 406 g/mol. The molecule has 9 heteroatoms. The van der Waals surface area contributed by atoms with Gasteiger partial charge in [0.25, 0.3) is 11.8 Å². The predicted octanol–water partition coefficient (Wildman–Crippen LogP) is 2.02. The molecule has 1 aromatic heterocycles. The number of amides is 2. The lowest BCUT2D eigenvalue weighted by atomic mass is 10.1. The van der Waals surface area contributed by atoms with Crippen LogP contribution in [0.4, 0.5) is 4.39 Å². The molecule has 1 saturated carbocycles. The molecule has 0 bridgehead atoms. The second-order valence-electron chi connectivity index (χ2n) is 7.15. The van der Waals surface area contributed by atoms with E-state index in [1.165, 1.54) is 29.9 Å². The standard InChI is InChI=1S/C19H20ClFN4O3/c1-9(10-3-4-13(20)14(21)5-10)25-16(6-15(24-25)18(26)22-2)19(27)23-17-11-7-28-8-12(11)17/h3-6,9,11-12,17H,7-8H2,1-2H3,(H,22,26)(H,23,27). The van der Waals surface area contributed by atoms with Gasteiger partial charge in [0.05, 0.1) is 24.3 Å². The maximum atomic E-state index is 13.9. The van der Waals surface area contributed by atoms with Crippen LogP contribution in [0, 0.1) is 17.7 Å². The highest BCUT2D eigenvalue weighted by Gasteiger charge is 2.55. The number of carbonyl (C=O) groups excluding carboxylic acids is 2. The predicted molar refractivity (Wildman–Crippen MR) is 99.9 cm³/mol. The molecule has 28 heavy (non-hydrogen) atoms. The van der Waals surface area contributed by atoms with Crippen molar-refractivity contribution < 1.29 is 18.7 Å². The first kappa shape index (κ1) is 18.9. The number of fused-ring (bicyclic) bond motifs is 1. The zero-order chi connectivity index (χ0) is 20.0. The van der Waals surface area contributed by atoms with Gasteiger partial charge in [-0.05, 0) is 24.6 Å². The van der Waals surface area contributed by atoms with Crippen molar-refractivity contribution in [1.82, 2.24) is 20.4 Å². The van der Waals surface area contributed by atoms with E-state index in [-0.39, 0.29) is 28.4 Å². The van der Waals surface area contributed by atoms with Gasteiger partial charge in [0.2, 0.25) is 0 Å². The average Bonchev–Trinajstić information content (AvgIpc) is 3.10. The Morgan fingerprint density at radius 1 is 1.29 bits per heavy atom. The molecule has 1 aliphatic carbocycles. The average molecular weight is 407 g/mol. The third-order valence-electron chi connectivity index (χ3n) is 5.47. The molecule has 4 rings (SSSR count). The first-order chi connectivity index (χ1) is 13.4. The first-order valence-electron chi connectivity index (χ1n) is 9.06. The molecule has 0 spiro atoms. The highest BCUT2D eigenvalue weighted by Crippen LogP contribution is 2.44. The summed E-state index contributed by atoms with van der Waals surface area (Å²) in [6.45, 7) is 3.08. The largest absolute Gasteiger partial charge is 0.381 e. The van der Waals surface area contributed by atoms with Crippen LogP contribution in [0.3, 0.4) is 0 Å². The summed E-state index contributed by atoms with van der Waals surface area (Å²) in [5, 5.41) is 9.81. The van der Waals surface area contributed by atoms with Crippen molar-refractivity contribution in [3.05, 3.63) is 52.1 Å². The van der Waals surface area contributed by atoms with E-state index in [0.29, 0.717) is 30.6 Å². The van der Waals surface area contributed by atoms with Crippen LogP contribution in [-0.4, -0.2) is 47.9 Å². The van der Waals surface area contributed by atoms with Crippen LogP contribution in [-0.2, 0) is 4.74 Å². The normalized spacial score (nSPS) is 23.8. The minimum Gasteiger partial charge on any atom is -0.381 e. The Labute approximate surface area is 166 Å². The summed E-state index contributed by atoms with van der Waals surface area (Å²) in [5.74, 6) is -0.577. The number of rotatable bonds is 5. The smallest absolute Gasteiger partial charge is 0.271 e. The van der Waals surface area contributed by atoms with Gasteiger partial charge in [-0.3, -0.25) is 14.3 Å². The molecular formula is C19H20ClFN4O3. The quantitative estimate of drug-likeness (QED) is 0.795. The maximum absolute atomic E-state index is 13.9. The molecule has 2 fully saturated rings. The van der Waals surface area contributed by atoms with Crippen LogP contribution >= 0.6 is 11.6 Å². The van der Waals surface area contributed by atoms with Crippen LogP contribution in [0.15, 0.2) is 24.3 Å². The fourth-order valence-electron chi connectivity index (χ4n) is 3.69. The van der Waals surface area contributed by atoms with Gasteiger partial charge in [-0.2, -0.15) is 5.10 Å². The third-order valence-corrected chi connectivity index (χ3v) is 5.78. The van der Waals surface area contributed by atoms with Gasteiger partial charge in [-0.25, -0.2) is 4.39 Å². The number of benzene rings is 1. The number of ether oxygens (including phenoxy) is 1. The number of nitrogens with zero attached hydrogens (tertiary/aromatic N) is 2. The molecule has 2 N–H and O–H groups in total. The maximum Gasteiger partial charge on any atom is 0.271 e. The Hall–Kier alpha value is -2.45. The molecule has 2 aromatic rings. The third kappa shape index (κ3) is 3.27. The van der Waals surface area contributed by atoms with Crippen molar-refractivity contribution in [2.45, 2.75) is 19.0 Å². The molecule has 148 valence electrons. The van der Waals surface area contributed by atoms with Crippen LogP contribution < -0.4 is 10.6 Å². The van der Waals surface area contributed by atoms with E-state index in [1.807, 2.05) is 0 Å². The zero-order valence-electron chi connectivity index (χ0n) is 15.4. The van der Waals surface area contributed by atoms with Crippen molar-refractivity contribution >= 4 is 23.4 Å². The van der Waals surface area contributed by atoms with E-state index in [2.05, 4.69) is 15.7 Å². The zero-order valence-corrected chi connectivity index (χ0v) is 16.2. The number of hydrogen-bond donors (Lipinski definition) is 2. The minimum absolute atomic E-state index is 0.0166. The number of nitrogens with one attached hydrogen (secondary N) is 2. The van der Waals surface area contributed by atoms with E-state index >= 15 is 0 Å².